The molecular formula is C12H17ClN2O2. The molecule has 0 atom stereocenters. The highest BCUT2D eigenvalue weighted by molar-refractivity contribution is 5.96. The number of rotatable bonds is 3. The van der Waals surface area contributed by atoms with Gasteiger partial charge in [-0.25, -0.2) is 0 Å². The zero-order valence-corrected chi connectivity index (χ0v) is 10.8. The third-order valence-corrected chi connectivity index (χ3v) is 2.81. The maximum Gasteiger partial charge on any atom is 0.240 e. The fourth-order valence-corrected chi connectivity index (χ4v) is 2.01. The number of amides is 1. The third kappa shape index (κ3) is 2.70. The Bertz CT molecular complexity index is 409. The molecule has 1 N–H and O–H groups in total. The number of anilines is 1. The maximum atomic E-state index is 11.8. The van der Waals surface area contributed by atoms with Gasteiger partial charge in [0.05, 0.1) is 13.7 Å². The van der Waals surface area contributed by atoms with Crippen molar-refractivity contribution in [3.8, 4) is 5.75 Å². The summed E-state index contributed by atoms with van der Waals surface area (Å²) in [5.41, 5.74) is 2.20. The van der Waals surface area contributed by atoms with Crippen LogP contribution in [0.4, 0.5) is 5.69 Å². The van der Waals surface area contributed by atoms with E-state index in [1.54, 1.807) is 14.2 Å². The molecule has 0 fully saturated rings. The predicted octanol–water partition coefficient (Wildman–Crippen LogP) is 1.23. The van der Waals surface area contributed by atoms with Gasteiger partial charge in [-0.2, -0.15) is 0 Å². The molecule has 0 unspecified atom stereocenters. The summed E-state index contributed by atoms with van der Waals surface area (Å²) in [7, 11) is 3.43. The van der Waals surface area contributed by atoms with E-state index < -0.39 is 0 Å². The Morgan fingerprint density at radius 3 is 2.94 bits per heavy atom. The van der Waals surface area contributed by atoms with Crippen LogP contribution in [0.3, 0.4) is 0 Å². The molecule has 0 aromatic heterocycles. The molecule has 1 aromatic rings. The Balaban J connectivity index is 0.00000144. The number of nitrogens with one attached hydrogen (secondary N) is 1. The lowest BCUT2D eigenvalue weighted by atomic mass is 10.1. The quantitative estimate of drug-likeness (QED) is 0.884. The average Bonchev–Trinajstić information content (AvgIpc) is 2.71. The van der Waals surface area contributed by atoms with Gasteiger partial charge in [-0.1, -0.05) is 0 Å². The fraction of sp³-hybridized carbons (Fsp3) is 0.417. The lowest BCUT2D eigenvalue weighted by Crippen LogP contribution is -2.35. The van der Waals surface area contributed by atoms with E-state index in [1.807, 2.05) is 23.1 Å². The van der Waals surface area contributed by atoms with Crippen LogP contribution >= 0.6 is 12.4 Å². The second-order valence-corrected chi connectivity index (χ2v) is 3.82. The minimum atomic E-state index is 0. The largest absolute Gasteiger partial charge is 0.497 e. The Kier molecular flexibility index (Phi) is 4.78. The number of methoxy groups -OCH3 is 1. The SMILES string of the molecule is CNCC(=O)N1CCc2cc(OC)ccc21.Cl. The summed E-state index contributed by atoms with van der Waals surface area (Å²) in [6.45, 7) is 1.15. The first-order valence-corrected chi connectivity index (χ1v) is 5.38. The van der Waals surface area contributed by atoms with Crippen molar-refractivity contribution in [1.82, 2.24) is 5.32 Å². The van der Waals surface area contributed by atoms with E-state index in [-0.39, 0.29) is 18.3 Å². The highest BCUT2D eigenvalue weighted by Crippen LogP contribution is 2.31. The topological polar surface area (TPSA) is 41.6 Å². The Morgan fingerprint density at radius 1 is 1.53 bits per heavy atom. The lowest BCUT2D eigenvalue weighted by molar-refractivity contribution is -0.117. The lowest BCUT2D eigenvalue weighted by Gasteiger charge is -2.17. The molecule has 1 aromatic carbocycles. The summed E-state index contributed by atoms with van der Waals surface area (Å²) in [5.74, 6) is 0.966. The number of halogens is 1. The number of hydrogen-bond donors (Lipinski definition) is 1. The summed E-state index contributed by atoms with van der Waals surface area (Å²) in [4.78, 5) is 13.6. The summed E-state index contributed by atoms with van der Waals surface area (Å²) >= 11 is 0. The van der Waals surface area contributed by atoms with Crippen molar-refractivity contribution in [3.63, 3.8) is 0 Å². The number of nitrogens with zero attached hydrogens (tertiary/aromatic N) is 1. The molecule has 0 bridgehead atoms. The number of likely N-dealkylation sites (N-methyl/N-ethyl adjacent to an activating group) is 1. The van der Waals surface area contributed by atoms with Crippen LogP contribution in [0, 0.1) is 0 Å². The molecule has 94 valence electrons. The second kappa shape index (κ2) is 5.89. The molecule has 0 saturated carbocycles. The van der Waals surface area contributed by atoms with Gasteiger partial charge in [0, 0.05) is 12.2 Å². The number of fused-ring (bicyclic) bond motifs is 1. The van der Waals surface area contributed by atoms with Gasteiger partial charge in [-0.15, -0.1) is 12.4 Å². The van der Waals surface area contributed by atoms with E-state index in [0.717, 1.165) is 24.4 Å². The highest BCUT2D eigenvalue weighted by Gasteiger charge is 2.24. The van der Waals surface area contributed by atoms with Gasteiger partial charge in [-0.05, 0) is 37.2 Å². The summed E-state index contributed by atoms with van der Waals surface area (Å²) in [6.07, 6.45) is 0.905. The Labute approximate surface area is 107 Å². The molecule has 5 heteroatoms. The number of carbonyl (C=O) groups is 1. The molecule has 4 nitrogen and oxygen atoms in total. The van der Waals surface area contributed by atoms with E-state index in [2.05, 4.69) is 5.32 Å². The summed E-state index contributed by atoms with van der Waals surface area (Å²) in [6, 6.07) is 5.85. The van der Waals surface area contributed by atoms with Gasteiger partial charge in [0.25, 0.3) is 0 Å². The zero-order chi connectivity index (χ0) is 11.5. The van der Waals surface area contributed by atoms with E-state index in [9.17, 15) is 4.79 Å². The van der Waals surface area contributed by atoms with Gasteiger partial charge in [0.15, 0.2) is 0 Å². The molecule has 0 spiro atoms. The van der Waals surface area contributed by atoms with Crippen molar-refractivity contribution >= 4 is 24.0 Å². The van der Waals surface area contributed by atoms with Crippen molar-refractivity contribution in [3.05, 3.63) is 23.8 Å². The summed E-state index contributed by atoms with van der Waals surface area (Å²) in [5, 5.41) is 2.88. The number of carbonyl (C=O) groups excluding carboxylic acids is 1. The van der Waals surface area contributed by atoms with Crippen LogP contribution in [0.1, 0.15) is 5.56 Å². The molecule has 0 aliphatic carbocycles. The molecular weight excluding hydrogens is 240 g/mol. The minimum Gasteiger partial charge on any atom is -0.497 e. The third-order valence-electron chi connectivity index (χ3n) is 2.81. The van der Waals surface area contributed by atoms with Crippen LogP contribution in [0.15, 0.2) is 18.2 Å². The standard InChI is InChI=1S/C12H16N2O2.ClH/c1-13-8-12(15)14-6-5-9-7-10(16-2)3-4-11(9)14;/h3-4,7,13H,5-6,8H2,1-2H3;1H. The van der Waals surface area contributed by atoms with Crippen LogP contribution in [0.2, 0.25) is 0 Å². The fourth-order valence-electron chi connectivity index (χ4n) is 2.01. The molecule has 1 heterocycles. The first kappa shape index (κ1) is 13.8. The summed E-state index contributed by atoms with van der Waals surface area (Å²) < 4.78 is 5.17. The van der Waals surface area contributed by atoms with E-state index in [0.29, 0.717) is 6.54 Å². The predicted molar refractivity (Wildman–Crippen MR) is 70.2 cm³/mol. The molecule has 0 radical (unpaired) electrons. The van der Waals surface area contributed by atoms with E-state index in [1.165, 1.54) is 5.56 Å². The molecule has 1 amide bonds. The molecule has 0 saturated heterocycles. The highest BCUT2D eigenvalue weighted by atomic mass is 35.5. The van der Waals surface area contributed by atoms with Gasteiger partial charge < -0.3 is 15.0 Å². The van der Waals surface area contributed by atoms with E-state index in [4.69, 9.17) is 4.74 Å². The molecule has 1 aliphatic heterocycles. The zero-order valence-electron chi connectivity index (χ0n) is 10.0. The Hall–Kier alpha value is -1.26. The monoisotopic (exact) mass is 256 g/mol. The van der Waals surface area contributed by atoms with Crippen LogP contribution in [0.5, 0.6) is 5.75 Å². The smallest absolute Gasteiger partial charge is 0.240 e. The van der Waals surface area contributed by atoms with Crippen molar-refractivity contribution in [2.75, 3.05) is 32.1 Å². The molecule has 17 heavy (non-hydrogen) atoms. The first-order chi connectivity index (χ1) is 7.76. The Morgan fingerprint density at radius 2 is 2.29 bits per heavy atom. The number of ether oxygens (including phenoxy) is 1. The van der Waals surface area contributed by atoms with Gasteiger partial charge in [0.1, 0.15) is 5.75 Å². The molecule has 1 aliphatic rings. The van der Waals surface area contributed by atoms with Crippen molar-refractivity contribution in [2.24, 2.45) is 0 Å². The number of benzene rings is 1. The molecule has 2 rings (SSSR count). The van der Waals surface area contributed by atoms with E-state index >= 15 is 0 Å². The van der Waals surface area contributed by atoms with Crippen LogP contribution < -0.4 is 15.0 Å². The van der Waals surface area contributed by atoms with Crippen LogP contribution in [-0.2, 0) is 11.2 Å². The first-order valence-electron chi connectivity index (χ1n) is 5.38. The van der Waals surface area contributed by atoms with Gasteiger partial charge in [0.2, 0.25) is 5.91 Å². The van der Waals surface area contributed by atoms with Crippen molar-refractivity contribution in [1.29, 1.82) is 0 Å². The van der Waals surface area contributed by atoms with Gasteiger partial charge in [-0.3, -0.25) is 4.79 Å². The van der Waals surface area contributed by atoms with Crippen molar-refractivity contribution in [2.45, 2.75) is 6.42 Å². The normalized spacial score (nSPS) is 12.9. The second-order valence-electron chi connectivity index (χ2n) is 3.82. The maximum absolute atomic E-state index is 11.8. The average molecular weight is 257 g/mol. The number of hydrogen-bond acceptors (Lipinski definition) is 3. The van der Waals surface area contributed by atoms with Gasteiger partial charge >= 0.3 is 0 Å². The minimum absolute atomic E-state index is 0. The van der Waals surface area contributed by atoms with Crippen LogP contribution in [-0.4, -0.2) is 33.2 Å². The van der Waals surface area contributed by atoms with Crippen molar-refractivity contribution < 1.29 is 9.53 Å². The van der Waals surface area contributed by atoms with Crippen LogP contribution in [0.25, 0.3) is 0 Å².